The van der Waals surface area contributed by atoms with E-state index in [1.807, 2.05) is 6.92 Å². The third-order valence-corrected chi connectivity index (χ3v) is 5.09. The Morgan fingerprint density at radius 1 is 1.50 bits per heavy atom. The molecule has 124 valence electrons. The van der Waals surface area contributed by atoms with Gasteiger partial charge in [-0.15, -0.1) is 24.2 Å². The molecule has 1 fully saturated rings. The van der Waals surface area contributed by atoms with Gasteiger partial charge in [-0.1, -0.05) is 24.6 Å². The molecule has 1 aromatic carbocycles. The van der Waals surface area contributed by atoms with Crippen molar-refractivity contribution in [2.75, 3.05) is 24.2 Å². The minimum absolute atomic E-state index is 0. The van der Waals surface area contributed by atoms with Crippen molar-refractivity contribution >= 4 is 47.4 Å². The van der Waals surface area contributed by atoms with Crippen LogP contribution < -0.4 is 10.6 Å². The summed E-state index contributed by atoms with van der Waals surface area (Å²) in [5.74, 6) is -0.267. The van der Waals surface area contributed by atoms with Crippen molar-refractivity contribution in [3.8, 4) is 0 Å². The van der Waals surface area contributed by atoms with Gasteiger partial charge in [0.05, 0.1) is 16.5 Å². The Morgan fingerprint density at radius 2 is 2.18 bits per heavy atom. The van der Waals surface area contributed by atoms with Crippen molar-refractivity contribution in [3.63, 3.8) is 0 Å². The van der Waals surface area contributed by atoms with Crippen LogP contribution in [0.3, 0.4) is 0 Å². The Hall–Kier alpha value is -0.560. The van der Waals surface area contributed by atoms with Crippen LogP contribution in [0.15, 0.2) is 23.1 Å². The van der Waals surface area contributed by atoms with Gasteiger partial charge < -0.3 is 10.6 Å². The lowest BCUT2D eigenvalue weighted by molar-refractivity contribution is -0.121. The predicted octanol–water partition coefficient (Wildman–Crippen LogP) is 3.91. The first kappa shape index (κ1) is 19.5. The fourth-order valence-electron chi connectivity index (χ4n) is 2.03. The zero-order chi connectivity index (χ0) is 15.4. The van der Waals surface area contributed by atoms with Crippen molar-refractivity contribution in [3.05, 3.63) is 23.2 Å². The molecule has 8 heteroatoms. The highest BCUT2D eigenvalue weighted by Crippen LogP contribution is 2.35. The van der Waals surface area contributed by atoms with E-state index in [1.54, 1.807) is 18.2 Å². The van der Waals surface area contributed by atoms with Crippen molar-refractivity contribution < 1.29 is 13.6 Å². The van der Waals surface area contributed by atoms with Gasteiger partial charge in [0.1, 0.15) is 0 Å². The molecule has 0 aliphatic carbocycles. The largest absolute Gasteiger partial charge is 0.325 e. The summed E-state index contributed by atoms with van der Waals surface area (Å²) in [5, 5.41) is 6.30. The SMILES string of the molecule is CC(C(=O)Nc1cccc(Cl)c1SCC(F)F)C1CNC1.Cl. The van der Waals surface area contributed by atoms with E-state index in [-0.39, 0.29) is 30.0 Å². The van der Waals surface area contributed by atoms with Crippen molar-refractivity contribution in [2.24, 2.45) is 11.8 Å². The topological polar surface area (TPSA) is 41.1 Å². The molecule has 0 bridgehead atoms. The van der Waals surface area contributed by atoms with Crippen LogP contribution in [0, 0.1) is 11.8 Å². The lowest BCUT2D eigenvalue weighted by Crippen LogP contribution is -2.48. The molecule has 1 atom stereocenters. The highest BCUT2D eigenvalue weighted by atomic mass is 35.5. The van der Waals surface area contributed by atoms with E-state index in [2.05, 4.69) is 10.6 Å². The summed E-state index contributed by atoms with van der Waals surface area (Å²) in [7, 11) is 0. The lowest BCUT2D eigenvalue weighted by Gasteiger charge is -2.31. The average Bonchev–Trinajstić information content (AvgIpc) is 2.35. The molecule has 1 aliphatic rings. The summed E-state index contributed by atoms with van der Waals surface area (Å²) < 4.78 is 24.8. The van der Waals surface area contributed by atoms with Crippen LogP contribution in [0.25, 0.3) is 0 Å². The molecule has 22 heavy (non-hydrogen) atoms. The van der Waals surface area contributed by atoms with Gasteiger partial charge in [-0.2, -0.15) is 0 Å². The molecule has 2 N–H and O–H groups in total. The summed E-state index contributed by atoms with van der Waals surface area (Å²) in [4.78, 5) is 12.7. The first-order valence-corrected chi connectivity index (χ1v) is 8.06. The number of alkyl halides is 2. The highest BCUT2D eigenvalue weighted by Gasteiger charge is 2.29. The summed E-state index contributed by atoms with van der Waals surface area (Å²) in [6.07, 6.45) is -2.42. The summed E-state index contributed by atoms with van der Waals surface area (Å²) in [6.45, 7) is 3.53. The minimum Gasteiger partial charge on any atom is -0.325 e. The molecule has 1 saturated heterocycles. The molecular formula is C14H18Cl2F2N2OS. The average molecular weight is 371 g/mol. The zero-order valence-corrected chi connectivity index (χ0v) is 14.3. The molecule has 0 saturated carbocycles. The maximum absolute atomic E-state index is 12.4. The number of amides is 1. The molecule has 1 heterocycles. The standard InChI is InChI=1S/C14H17ClF2N2OS.ClH/c1-8(9-5-18-6-9)14(20)19-11-4-2-3-10(15)13(11)21-7-12(16)17;/h2-4,8-9,12,18H,5-7H2,1H3,(H,19,20);1H. The molecule has 3 nitrogen and oxygen atoms in total. The van der Waals surface area contributed by atoms with Crippen molar-refractivity contribution in [1.82, 2.24) is 5.32 Å². The van der Waals surface area contributed by atoms with Gasteiger partial charge in [0, 0.05) is 10.8 Å². The summed E-state index contributed by atoms with van der Waals surface area (Å²) in [6, 6.07) is 5.01. The van der Waals surface area contributed by atoms with Crippen LogP contribution in [0.5, 0.6) is 0 Å². The third kappa shape index (κ3) is 4.98. The number of carbonyl (C=O) groups is 1. The smallest absolute Gasteiger partial charge is 0.247 e. The number of benzene rings is 1. The maximum Gasteiger partial charge on any atom is 0.247 e. The lowest BCUT2D eigenvalue weighted by atomic mass is 9.88. The van der Waals surface area contributed by atoms with E-state index in [1.165, 1.54) is 0 Å². The predicted molar refractivity (Wildman–Crippen MR) is 89.6 cm³/mol. The molecule has 2 rings (SSSR count). The summed E-state index contributed by atoms with van der Waals surface area (Å²) in [5.41, 5.74) is 0.497. The number of anilines is 1. The van der Waals surface area contributed by atoms with Crippen LogP contribution in [0.2, 0.25) is 5.02 Å². The quantitative estimate of drug-likeness (QED) is 0.745. The van der Waals surface area contributed by atoms with Gasteiger partial charge in [-0.3, -0.25) is 4.79 Å². The number of carbonyl (C=O) groups excluding carboxylic acids is 1. The van der Waals surface area contributed by atoms with E-state index in [9.17, 15) is 13.6 Å². The van der Waals surface area contributed by atoms with Crippen LogP contribution in [-0.2, 0) is 4.79 Å². The van der Waals surface area contributed by atoms with Gasteiger partial charge in [-0.05, 0) is 31.1 Å². The second-order valence-electron chi connectivity index (χ2n) is 5.01. The molecule has 0 radical (unpaired) electrons. The number of thioether (sulfide) groups is 1. The van der Waals surface area contributed by atoms with Gasteiger partial charge in [0.15, 0.2) is 0 Å². The fraction of sp³-hybridized carbons (Fsp3) is 0.500. The molecule has 0 spiro atoms. The van der Waals surface area contributed by atoms with Gasteiger partial charge >= 0.3 is 0 Å². The number of nitrogens with one attached hydrogen (secondary N) is 2. The molecule has 1 aliphatic heterocycles. The van der Waals surface area contributed by atoms with Gasteiger partial charge in [0.2, 0.25) is 12.3 Å². The minimum atomic E-state index is -2.42. The molecule has 1 aromatic rings. The number of rotatable bonds is 6. The number of hydrogen-bond acceptors (Lipinski definition) is 3. The Kier molecular flexibility index (Phi) is 7.89. The Labute approximate surface area is 144 Å². The van der Waals surface area contributed by atoms with E-state index >= 15 is 0 Å². The Morgan fingerprint density at radius 3 is 2.73 bits per heavy atom. The van der Waals surface area contributed by atoms with Gasteiger partial charge in [-0.25, -0.2) is 8.78 Å². The maximum atomic E-state index is 12.4. The summed E-state index contributed by atoms with van der Waals surface area (Å²) >= 11 is 7.00. The number of hydrogen-bond donors (Lipinski definition) is 2. The number of halogens is 4. The van der Waals surface area contributed by atoms with E-state index in [4.69, 9.17) is 11.6 Å². The first-order valence-electron chi connectivity index (χ1n) is 6.70. The van der Waals surface area contributed by atoms with Crippen LogP contribution in [-0.4, -0.2) is 31.2 Å². The first-order chi connectivity index (χ1) is 9.99. The normalized spacial score (nSPS) is 15.9. The second kappa shape index (κ2) is 8.91. The van der Waals surface area contributed by atoms with E-state index < -0.39 is 6.43 Å². The Bertz CT molecular complexity index is 516. The highest BCUT2D eigenvalue weighted by molar-refractivity contribution is 7.99. The second-order valence-corrected chi connectivity index (χ2v) is 6.45. The Balaban J connectivity index is 0.00000242. The van der Waals surface area contributed by atoms with E-state index in [0.29, 0.717) is 21.5 Å². The molecule has 1 unspecified atom stereocenters. The molecular weight excluding hydrogens is 353 g/mol. The monoisotopic (exact) mass is 370 g/mol. The van der Waals surface area contributed by atoms with Gasteiger partial charge in [0.25, 0.3) is 0 Å². The molecule has 1 amide bonds. The van der Waals surface area contributed by atoms with E-state index in [0.717, 1.165) is 24.9 Å². The molecule has 0 aromatic heterocycles. The fourth-order valence-corrected chi connectivity index (χ4v) is 3.14. The third-order valence-electron chi connectivity index (χ3n) is 3.51. The zero-order valence-electron chi connectivity index (χ0n) is 11.9. The van der Waals surface area contributed by atoms with Crippen LogP contribution >= 0.6 is 35.8 Å². The van der Waals surface area contributed by atoms with Crippen LogP contribution in [0.4, 0.5) is 14.5 Å². The van der Waals surface area contributed by atoms with Crippen molar-refractivity contribution in [1.29, 1.82) is 0 Å². The van der Waals surface area contributed by atoms with Crippen LogP contribution in [0.1, 0.15) is 6.92 Å². The van der Waals surface area contributed by atoms with Crippen molar-refractivity contribution in [2.45, 2.75) is 18.2 Å².